The lowest BCUT2D eigenvalue weighted by Crippen LogP contribution is -2.51. The minimum Gasteiger partial charge on any atom is -0.218 e. The topological polar surface area (TPSA) is 8.29 Å². The summed E-state index contributed by atoms with van der Waals surface area (Å²) in [6.07, 6.45) is 3.49. The number of allylic oxidation sites excluding steroid dienone is 1. The van der Waals surface area contributed by atoms with Gasteiger partial charge in [-0.3, -0.25) is 0 Å². The standard InChI is InChI=1S/C29H23N2/c1-5-29-17(3)28(29,4)22-14-8-11-19-21-13-7-12-20-18-10-6-9-16(2)24(18)23-15-30(29)27(25(19)22)31(23)26(20)21/h6-15H,3,5H2,1-2,4H3/q+1. The number of imidazole rings is 1. The highest BCUT2D eigenvalue weighted by Crippen LogP contribution is 2.69. The van der Waals surface area contributed by atoms with Gasteiger partial charge < -0.3 is 0 Å². The second kappa shape index (κ2) is 4.60. The molecule has 1 saturated carbocycles. The summed E-state index contributed by atoms with van der Waals surface area (Å²) in [6.45, 7) is 11.6. The van der Waals surface area contributed by atoms with Crippen LogP contribution in [0.15, 0.2) is 72.9 Å². The number of para-hydroxylation sites is 1. The van der Waals surface area contributed by atoms with Gasteiger partial charge in [-0.2, -0.15) is 4.40 Å². The van der Waals surface area contributed by atoms with Gasteiger partial charge in [-0.25, -0.2) is 4.57 Å². The SMILES string of the molecule is C=C1C2(C)c3cccc4c5cccc6c7cccc(C)c7c7c[n+](c(c34)n7c65)C12CC. The van der Waals surface area contributed by atoms with E-state index >= 15 is 0 Å². The summed E-state index contributed by atoms with van der Waals surface area (Å²) in [5.74, 6) is 0. The third kappa shape index (κ3) is 1.37. The lowest BCUT2D eigenvalue weighted by atomic mass is 9.84. The molecule has 0 radical (unpaired) electrons. The maximum Gasteiger partial charge on any atom is 0.296 e. The fourth-order valence-corrected chi connectivity index (χ4v) is 7.44. The van der Waals surface area contributed by atoms with E-state index in [-0.39, 0.29) is 11.0 Å². The van der Waals surface area contributed by atoms with Crippen molar-refractivity contribution in [1.82, 2.24) is 4.40 Å². The largest absolute Gasteiger partial charge is 0.296 e. The van der Waals surface area contributed by atoms with E-state index in [1.165, 1.54) is 65.7 Å². The Labute approximate surface area is 180 Å². The Balaban J connectivity index is 1.84. The average Bonchev–Trinajstić information content (AvgIpc) is 3.09. The van der Waals surface area contributed by atoms with Crippen molar-refractivity contribution >= 4 is 49.0 Å². The number of benzene rings is 3. The van der Waals surface area contributed by atoms with Gasteiger partial charge in [0.2, 0.25) is 0 Å². The van der Waals surface area contributed by atoms with Crippen LogP contribution in [0.4, 0.5) is 0 Å². The zero-order valence-electron chi connectivity index (χ0n) is 18.1. The van der Waals surface area contributed by atoms with Gasteiger partial charge in [0.15, 0.2) is 5.52 Å². The first-order chi connectivity index (χ1) is 15.1. The first-order valence-electron chi connectivity index (χ1n) is 11.3. The first kappa shape index (κ1) is 16.3. The maximum absolute atomic E-state index is 4.63. The van der Waals surface area contributed by atoms with E-state index in [9.17, 15) is 0 Å². The number of hydrogen-bond acceptors (Lipinski definition) is 0. The van der Waals surface area contributed by atoms with Gasteiger partial charge in [-0.15, -0.1) is 0 Å². The predicted octanol–water partition coefficient (Wildman–Crippen LogP) is 6.53. The second-order valence-electron chi connectivity index (χ2n) is 9.79. The molecule has 3 aromatic carbocycles. The molecule has 2 unspecified atom stereocenters. The molecule has 148 valence electrons. The summed E-state index contributed by atoms with van der Waals surface area (Å²) in [5.41, 5.74) is 8.10. The van der Waals surface area contributed by atoms with Gasteiger partial charge in [0.1, 0.15) is 17.3 Å². The fraction of sp³-hybridized carbons (Fsp3) is 0.207. The Hall–Kier alpha value is -3.39. The van der Waals surface area contributed by atoms with Crippen molar-refractivity contribution in [3.63, 3.8) is 0 Å². The molecule has 4 heterocycles. The zero-order valence-corrected chi connectivity index (χ0v) is 18.1. The van der Waals surface area contributed by atoms with Crippen molar-refractivity contribution in [2.45, 2.75) is 38.1 Å². The van der Waals surface area contributed by atoms with E-state index in [1.807, 2.05) is 0 Å². The van der Waals surface area contributed by atoms with Crippen LogP contribution in [0.2, 0.25) is 0 Å². The Kier molecular flexibility index (Phi) is 2.42. The van der Waals surface area contributed by atoms with Crippen molar-refractivity contribution < 1.29 is 4.57 Å². The van der Waals surface area contributed by atoms with Crippen LogP contribution in [0, 0.1) is 6.92 Å². The minimum absolute atomic E-state index is 0.00799. The van der Waals surface area contributed by atoms with E-state index in [4.69, 9.17) is 0 Å². The van der Waals surface area contributed by atoms with E-state index in [2.05, 4.69) is 97.1 Å². The van der Waals surface area contributed by atoms with Crippen LogP contribution in [0.1, 0.15) is 31.4 Å². The number of rotatable bonds is 1. The number of nitrogens with zero attached hydrogens (tertiary/aromatic N) is 2. The summed E-state index contributed by atoms with van der Waals surface area (Å²) < 4.78 is 5.16. The predicted molar refractivity (Wildman–Crippen MR) is 128 cm³/mol. The number of fused-ring (bicyclic) bond motifs is 7. The van der Waals surface area contributed by atoms with Gasteiger partial charge in [-0.05, 0) is 42.4 Å². The minimum atomic E-state index is -0.0341. The molecule has 8 rings (SSSR count). The maximum atomic E-state index is 4.63. The third-order valence-corrected chi connectivity index (χ3v) is 8.92. The highest BCUT2D eigenvalue weighted by molar-refractivity contribution is 6.25. The van der Waals surface area contributed by atoms with Crippen LogP contribution >= 0.6 is 0 Å². The molecule has 0 spiro atoms. The lowest BCUT2D eigenvalue weighted by molar-refractivity contribution is -0.715. The Morgan fingerprint density at radius 1 is 0.903 bits per heavy atom. The van der Waals surface area contributed by atoms with Crippen LogP contribution in [0.25, 0.3) is 49.0 Å². The van der Waals surface area contributed by atoms with E-state index < -0.39 is 0 Å². The van der Waals surface area contributed by atoms with Crippen molar-refractivity contribution in [3.05, 3.63) is 84.1 Å². The fourth-order valence-electron chi connectivity index (χ4n) is 7.44. The van der Waals surface area contributed by atoms with Crippen LogP contribution < -0.4 is 4.57 Å². The molecule has 31 heavy (non-hydrogen) atoms. The van der Waals surface area contributed by atoms with Gasteiger partial charge >= 0.3 is 0 Å². The van der Waals surface area contributed by atoms with Crippen LogP contribution in [0.3, 0.4) is 0 Å². The van der Waals surface area contributed by atoms with E-state index in [1.54, 1.807) is 0 Å². The lowest BCUT2D eigenvalue weighted by Gasteiger charge is -2.25. The molecule has 0 N–H and O–H groups in total. The molecule has 0 bridgehead atoms. The van der Waals surface area contributed by atoms with Gasteiger partial charge in [0, 0.05) is 21.5 Å². The highest BCUT2D eigenvalue weighted by atomic mass is 15.2. The molecule has 1 aliphatic heterocycles. The Morgan fingerprint density at radius 2 is 1.55 bits per heavy atom. The van der Waals surface area contributed by atoms with Crippen LogP contribution in [0.5, 0.6) is 0 Å². The van der Waals surface area contributed by atoms with Gasteiger partial charge in [0.05, 0.1) is 10.8 Å². The van der Waals surface area contributed by atoms with Crippen molar-refractivity contribution in [1.29, 1.82) is 0 Å². The summed E-state index contributed by atoms with van der Waals surface area (Å²) in [4.78, 5) is 0. The summed E-state index contributed by atoms with van der Waals surface area (Å²) in [5, 5.41) is 8.17. The summed E-state index contributed by atoms with van der Waals surface area (Å²) in [7, 11) is 0. The van der Waals surface area contributed by atoms with Crippen LogP contribution in [-0.2, 0) is 11.0 Å². The number of aromatic nitrogens is 2. The quantitative estimate of drug-likeness (QED) is 0.129. The molecule has 2 aliphatic rings. The Morgan fingerprint density at radius 3 is 2.29 bits per heavy atom. The monoisotopic (exact) mass is 399 g/mol. The summed E-state index contributed by atoms with van der Waals surface area (Å²) >= 11 is 0. The third-order valence-electron chi connectivity index (χ3n) is 8.92. The smallest absolute Gasteiger partial charge is 0.218 e. The number of aryl methyl sites for hydroxylation is 1. The molecular formula is C29H23N2+. The summed E-state index contributed by atoms with van der Waals surface area (Å²) in [6, 6.07) is 20.5. The molecule has 0 amide bonds. The molecule has 1 fully saturated rings. The average molecular weight is 400 g/mol. The molecule has 0 saturated heterocycles. The number of hydrogen-bond donors (Lipinski definition) is 0. The van der Waals surface area contributed by atoms with Crippen molar-refractivity contribution in [3.8, 4) is 0 Å². The molecule has 1 aliphatic carbocycles. The second-order valence-corrected chi connectivity index (χ2v) is 9.79. The van der Waals surface area contributed by atoms with E-state index in [0.717, 1.165) is 6.42 Å². The molecular weight excluding hydrogens is 376 g/mol. The molecule has 6 aromatic rings. The molecule has 2 nitrogen and oxygen atoms in total. The van der Waals surface area contributed by atoms with Gasteiger partial charge in [0.25, 0.3) is 5.65 Å². The van der Waals surface area contributed by atoms with E-state index in [0.29, 0.717) is 0 Å². The van der Waals surface area contributed by atoms with Crippen molar-refractivity contribution in [2.75, 3.05) is 0 Å². The Bertz CT molecular complexity index is 1820. The normalized spacial score (nSPS) is 24.4. The highest BCUT2D eigenvalue weighted by Gasteiger charge is 2.76. The molecule has 2 atom stereocenters. The zero-order chi connectivity index (χ0) is 20.9. The van der Waals surface area contributed by atoms with Crippen LogP contribution in [-0.4, -0.2) is 4.40 Å². The van der Waals surface area contributed by atoms with Gasteiger partial charge in [-0.1, -0.05) is 68.1 Å². The van der Waals surface area contributed by atoms with Crippen molar-refractivity contribution in [2.24, 2.45) is 0 Å². The molecule has 2 heteroatoms. The molecule has 3 aromatic heterocycles. The number of pyridine rings is 2. The first-order valence-corrected chi connectivity index (χ1v) is 11.3.